The lowest BCUT2D eigenvalue weighted by Gasteiger charge is -2.09. The zero-order chi connectivity index (χ0) is 9.03. The minimum absolute atomic E-state index is 1.04. The first kappa shape index (κ1) is 9.97. The Kier molecular flexibility index (Phi) is 3.51. The van der Waals surface area contributed by atoms with Gasteiger partial charge in [0.05, 0.1) is 0 Å². The van der Waals surface area contributed by atoms with Gasteiger partial charge in [-0.2, -0.15) is 0 Å². The van der Waals surface area contributed by atoms with Gasteiger partial charge in [0.2, 0.25) is 0 Å². The Morgan fingerprint density at radius 1 is 1.25 bits per heavy atom. The van der Waals surface area contributed by atoms with E-state index >= 15 is 0 Å². The SMILES string of the molecule is COP(=O)(C=C1CCCC1)OC. The second kappa shape index (κ2) is 4.22. The van der Waals surface area contributed by atoms with Crippen LogP contribution in [0.1, 0.15) is 25.7 Å². The van der Waals surface area contributed by atoms with Crippen LogP contribution < -0.4 is 0 Å². The lowest BCUT2D eigenvalue weighted by atomic mass is 10.3. The quantitative estimate of drug-likeness (QED) is 0.642. The van der Waals surface area contributed by atoms with Crippen molar-refractivity contribution in [2.45, 2.75) is 25.7 Å². The Labute approximate surface area is 73.3 Å². The van der Waals surface area contributed by atoms with Crippen LogP contribution in [0.25, 0.3) is 0 Å². The van der Waals surface area contributed by atoms with Gasteiger partial charge in [-0.3, -0.25) is 4.57 Å². The van der Waals surface area contributed by atoms with Gasteiger partial charge >= 0.3 is 7.60 Å². The molecule has 12 heavy (non-hydrogen) atoms. The van der Waals surface area contributed by atoms with Gasteiger partial charge in [0.15, 0.2) is 0 Å². The summed E-state index contributed by atoms with van der Waals surface area (Å²) in [4.78, 5) is 0. The van der Waals surface area contributed by atoms with Crippen LogP contribution in [0.3, 0.4) is 0 Å². The molecule has 0 aromatic heterocycles. The zero-order valence-electron chi connectivity index (χ0n) is 7.58. The molecule has 0 aliphatic heterocycles. The molecule has 0 atom stereocenters. The smallest absolute Gasteiger partial charge is 0.309 e. The number of rotatable bonds is 3. The van der Waals surface area contributed by atoms with Gasteiger partial charge in [-0.25, -0.2) is 0 Å². The summed E-state index contributed by atoms with van der Waals surface area (Å²) in [5.74, 6) is 1.67. The molecule has 70 valence electrons. The monoisotopic (exact) mass is 190 g/mol. The van der Waals surface area contributed by atoms with Crippen molar-refractivity contribution < 1.29 is 13.6 Å². The maximum Gasteiger partial charge on any atom is 0.353 e. The molecule has 1 aliphatic rings. The van der Waals surface area contributed by atoms with Gasteiger partial charge in [0.25, 0.3) is 0 Å². The lowest BCUT2D eigenvalue weighted by Crippen LogP contribution is -1.85. The van der Waals surface area contributed by atoms with E-state index in [4.69, 9.17) is 9.05 Å². The fourth-order valence-corrected chi connectivity index (χ4v) is 2.43. The van der Waals surface area contributed by atoms with Crippen LogP contribution in [0.4, 0.5) is 0 Å². The molecule has 0 saturated heterocycles. The van der Waals surface area contributed by atoms with Crippen molar-refractivity contribution in [2.75, 3.05) is 14.2 Å². The van der Waals surface area contributed by atoms with Crippen LogP contribution in [0.5, 0.6) is 0 Å². The van der Waals surface area contributed by atoms with Crippen LogP contribution in [0.15, 0.2) is 11.4 Å². The Balaban J connectivity index is 2.68. The molecule has 0 unspecified atom stereocenters. The Hall–Kier alpha value is -0.110. The minimum Gasteiger partial charge on any atom is -0.309 e. The van der Waals surface area contributed by atoms with Crippen molar-refractivity contribution in [3.05, 3.63) is 11.4 Å². The fraction of sp³-hybridized carbons (Fsp3) is 0.750. The molecule has 4 heteroatoms. The predicted octanol–water partition coefficient (Wildman–Crippen LogP) is 2.93. The van der Waals surface area contributed by atoms with E-state index in [9.17, 15) is 4.57 Å². The third kappa shape index (κ3) is 2.44. The molecule has 1 fully saturated rings. The first-order valence-corrected chi connectivity index (χ1v) is 5.73. The maximum atomic E-state index is 11.6. The molecule has 1 aliphatic carbocycles. The lowest BCUT2D eigenvalue weighted by molar-refractivity contribution is 0.286. The first-order chi connectivity index (χ1) is 5.70. The topological polar surface area (TPSA) is 35.5 Å². The van der Waals surface area contributed by atoms with Gasteiger partial charge in [-0.05, 0) is 25.7 Å². The highest BCUT2D eigenvalue weighted by Gasteiger charge is 2.19. The molecule has 0 aromatic rings. The Morgan fingerprint density at radius 2 is 1.75 bits per heavy atom. The highest BCUT2D eigenvalue weighted by atomic mass is 31.2. The fourth-order valence-electron chi connectivity index (χ4n) is 1.36. The van der Waals surface area contributed by atoms with Crippen molar-refractivity contribution >= 4 is 7.60 Å². The molecule has 0 aromatic carbocycles. The summed E-state index contributed by atoms with van der Waals surface area (Å²) < 4.78 is 21.2. The van der Waals surface area contributed by atoms with E-state index in [1.54, 1.807) is 5.82 Å². The molecule has 0 heterocycles. The molecule has 1 saturated carbocycles. The average molecular weight is 190 g/mol. The third-order valence-corrected chi connectivity index (χ3v) is 3.79. The second-order valence-electron chi connectivity index (χ2n) is 2.90. The molecular formula is C8H15O3P. The number of hydrogen-bond acceptors (Lipinski definition) is 3. The van der Waals surface area contributed by atoms with Crippen molar-refractivity contribution in [2.24, 2.45) is 0 Å². The summed E-state index contributed by atoms with van der Waals surface area (Å²) in [5.41, 5.74) is 1.21. The summed E-state index contributed by atoms with van der Waals surface area (Å²) in [5, 5.41) is 0. The molecule has 0 bridgehead atoms. The van der Waals surface area contributed by atoms with E-state index in [2.05, 4.69) is 0 Å². The third-order valence-electron chi connectivity index (χ3n) is 2.10. The van der Waals surface area contributed by atoms with Crippen LogP contribution in [-0.2, 0) is 13.6 Å². The van der Waals surface area contributed by atoms with Crippen LogP contribution in [0.2, 0.25) is 0 Å². The molecule has 0 N–H and O–H groups in total. The van der Waals surface area contributed by atoms with Crippen molar-refractivity contribution in [1.82, 2.24) is 0 Å². The maximum absolute atomic E-state index is 11.6. The van der Waals surface area contributed by atoms with E-state index in [-0.39, 0.29) is 0 Å². The van der Waals surface area contributed by atoms with E-state index < -0.39 is 7.60 Å². The molecular weight excluding hydrogens is 175 g/mol. The highest BCUT2D eigenvalue weighted by molar-refractivity contribution is 7.57. The summed E-state index contributed by atoms with van der Waals surface area (Å²) in [6.07, 6.45) is 4.46. The van der Waals surface area contributed by atoms with E-state index in [1.807, 2.05) is 0 Å². The summed E-state index contributed by atoms with van der Waals surface area (Å²) in [7, 11) is -0.0664. The average Bonchev–Trinajstić information content (AvgIpc) is 2.57. The molecule has 1 rings (SSSR count). The standard InChI is InChI=1S/C8H15O3P/c1-10-12(9,11-2)7-8-5-3-4-6-8/h7H,3-6H2,1-2H3. The Morgan fingerprint density at radius 3 is 2.17 bits per heavy atom. The van der Waals surface area contributed by atoms with E-state index in [1.165, 1.54) is 32.6 Å². The number of allylic oxidation sites excluding steroid dienone is 1. The van der Waals surface area contributed by atoms with Gasteiger partial charge < -0.3 is 9.05 Å². The van der Waals surface area contributed by atoms with Gasteiger partial charge in [0, 0.05) is 20.0 Å². The molecule has 0 spiro atoms. The van der Waals surface area contributed by atoms with Gasteiger partial charge in [0.1, 0.15) is 0 Å². The van der Waals surface area contributed by atoms with Gasteiger partial charge in [-0.1, -0.05) is 5.57 Å². The van der Waals surface area contributed by atoms with Crippen molar-refractivity contribution in [3.8, 4) is 0 Å². The summed E-state index contributed by atoms with van der Waals surface area (Å²) in [6.45, 7) is 0. The van der Waals surface area contributed by atoms with E-state index in [0.29, 0.717) is 0 Å². The summed E-state index contributed by atoms with van der Waals surface area (Å²) >= 11 is 0. The summed E-state index contributed by atoms with van der Waals surface area (Å²) in [6, 6.07) is 0. The first-order valence-electron chi connectivity index (χ1n) is 4.12. The van der Waals surface area contributed by atoms with Crippen LogP contribution in [-0.4, -0.2) is 14.2 Å². The zero-order valence-corrected chi connectivity index (χ0v) is 8.47. The highest BCUT2D eigenvalue weighted by Crippen LogP contribution is 2.50. The van der Waals surface area contributed by atoms with Crippen molar-refractivity contribution in [1.29, 1.82) is 0 Å². The Bertz CT molecular complexity index is 206. The minimum atomic E-state index is -2.89. The normalized spacial score (nSPS) is 18.3. The van der Waals surface area contributed by atoms with Crippen LogP contribution >= 0.6 is 7.60 Å². The predicted molar refractivity (Wildman–Crippen MR) is 48.2 cm³/mol. The molecule has 0 radical (unpaired) electrons. The second-order valence-corrected chi connectivity index (χ2v) is 4.97. The van der Waals surface area contributed by atoms with Gasteiger partial charge in [-0.15, -0.1) is 0 Å². The largest absolute Gasteiger partial charge is 0.353 e. The molecule has 0 amide bonds. The van der Waals surface area contributed by atoms with Crippen LogP contribution in [0, 0.1) is 0 Å². The van der Waals surface area contributed by atoms with Crippen molar-refractivity contribution in [3.63, 3.8) is 0 Å². The molecule has 3 nitrogen and oxygen atoms in total. The number of hydrogen-bond donors (Lipinski definition) is 0. The van der Waals surface area contributed by atoms with E-state index in [0.717, 1.165) is 12.8 Å².